The maximum absolute atomic E-state index is 14.5. The molecule has 2 amide bonds. The topological polar surface area (TPSA) is 68.3 Å². The largest absolute Gasteiger partial charge is 0.491 e. The standard InChI is InChI=1S/C35H41ClN2O5/c1-26-23-29(16-17-30(26)36)43-34(2,3)32(39)38-20-22-42-35(25-38)18-10-9-14-28-13-7-8-15-31(28)41-21-19-37(33(35)40)24-27-11-5-4-6-12-27/h4-8,11-13,15-17,23H,9-10,14,18-22,24-25H2,1-3H3. The fourth-order valence-electron chi connectivity index (χ4n) is 5.93. The summed E-state index contributed by atoms with van der Waals surface area (Å²) in [4.78, 5) is 32.1. The van der Waals surface area contributed by atoms with Gasteiger partial charge in [-0.05, 0) is 87.4 Å². The number of fused-ring (bicyclic) bond motifs is 1. The molecule has 0 aromatic heterocycles. The zero-order valence-corrected chi connectivity index (χ0v) is 26.1. The molecule has 1 spiro atoms. The summed E-state index contributed by atoms with van der Waals surface area (Å²) in [7, 11) is 0. The van der Waals surface area contributed by atoms with E-state index in [9.17, 15) is 9.59 Å². The SMILES string of the molecule is Cc1cc(OC(C)(C)C(=O)N2CCOC3(CCCCc4ccccc4OCCN(Cc4ccccc4)C3=O)C2)ccc1Cl. The number of benzene rings is 3. The minimum atomic E-state index is -1.16. The quantitative estimate of drug-likeness (QED) is 0.345. The number of morpholine rings is 1. The molecule has 2 aliphatic heterocycles. The van der Waals surface area contributed by atoms with E-state index < -0.39 is 11.2 Å². The molecule has 8 heteroatoms. The van der Waals surface area contributed by atoms with Crippen molar-refractivity contribution in [2.24, 2.45) is 0 Å². The first-order chi connectivity index (χ1) is 20.7. The number of aryl methyl sites for hydroxylation is 2. The lowest BCUT2D eigenvalue weighted by Gasteiger charge is -2.45. The molecule has 5 rings (SSSR count). The first kappa shape index (κ1) is 30.9. The van der Waals surface area contributed by atoms with Gasteiger partial charge in [0.1, 0.15) is 18.1 Å². The second kappa shape index (κ2) is 13.4. The van der Waals surface area contributed by atoms with Gasteiger partial charge in [0.05, 0.1) is 19.7 Å². The molecule has 1 saturated heterocycles. The van der Waals surface area contributed by atoms with Crippen molar-refractivity contribution in [1.82, 2.24) is 9.80 Å². The third kappa shape index (κ3) is 7.34. The van der Waals surface area contributed by atoms with E-state index in [0.29, 0.717) is 43.4 Å². The number of hydrogen-bond acceptors (Lipinski definition) is 5. The van der Waals surface area contributed by atoms with Crippen LogP contribution in [-0.4, -0.2) is 65.7 Å². The van der Waals surface area contributed by atoms with Crippen LogP contribution in [0, 0.1) is 6.92 Å². The number of nitrogens with zero attached hydrogens (tertiary/aromatic N) is 2. The van der Waals surface area contributed by atoms with E-state index in [-0.39, 0.29) is 25.0 Å². The van der Waals surface area contributed by atoms with Crippen LogP contribution in [0.3, 0.4) is 0 Å². The van der Waals surface area contributed by atoms with E-state index in [1.54, 1.807) is 30.9 Å². The van der Waals surface area contributed by atoms with Gasteiger partial charge >= 0.3 is 0 Å². The molecular formula is C35H41ClN2O5. The van der Waals surface area contributed by atoms with Crippen molar-refractivity contribution in [1.29, 1.82) is 0 Å². The van der Waals surface area contributed by atoms with Crippen molar-refractivity contribution >= 4 is 23.4 Å². The van der Waals surface area contributed by atoms with Crippen LogP contribution in [0.4, 0.5) is 0 Å². The third-order valence-corrected chi connectivity index (χ3v) is 8.68. The zero-order chi connectivity index (χ0) is 30.5. The number of para-hydroxylation sites is 1. The highest BCUT2D eigenvalue weighted by Crippen LogP contribution is 2.32. The van der Waals surface area contributed by atoms with Crippen LogP contribution in [-0.2, 0) is 27.3 Å². The molecule has 3 aromatic carbocycles. The number of halogens is 1. The normalized spacial score (nSPS) is 20.0. The van der Waals surface area contributed by atoms with Gasteiger partial charge in [0, 0.05) is 18.1 Å². The van der Waals surface area contributed by atoms with Gasteiger partial charge in [0.25, 0.3) is 11.8 Å². The molecule has 2 aliphatic rings. The van der Waals surface area contributed by atoms with Crippen molar-refractivity contribution in [3.8, 4) is 11.5 Å². The van der Waals surface area contributed by atoms with Gasteiger partial charge in [0.2, 0.25) is 0 Å². The van der Waals surface area contributed by atoms with Gasteiger partial charge in [-0.2, -0.15) is 0 Å². The Kier molecular flexibility index (Phi) is 9.62. The molecule has 2 heterocycles. The Labute approximate surface area is 259 Å². The lowest BCUT2D eigenvalue weighted by Crippen LogP contribution is -2.64. The predicted molar refractivity (Wildman–Crippen MR) is 168 cm³/mol. The number of carbonyl (C=O) groups is 2. The highest BCUT2D eigenvalue weighted by Gasteiger charge is 2.48. The average molecular weight is 605 g/mol. The Morgan fingerprint density at radius 3 is 2.56 bits per heavy atom. The highest BCUT2D eigenvalue weighted by molar-refractivity contribution is 6.31. The Bertz CT molecular complexity index is 1430. The van der Waals surface area contributed by atoms with Crippen LogP contribution in [0.5, 0.6) is 11.5 Å². The molecule has 0 bridgehead atoms. The van der Waals surface area contributed by atoms with Gasteiger partial charge in [-0.15, -0.1) is 0 Å². The first-order valence-electron chi connectivity index (χ1n) is 15.1. The van der Waals surface area contributed by atoms with Crippen molar-refractivity contribution < 1.29 is 23.8 Å². The monoisotopic (exact) mass is 604 g/mol. The van der Waals surface area contributed by atoms with Crippen LogP contribution >= 0.6 is 11.6 Å². The lowest BCUT2D eigenvalue weighted by atomic mass is 9.90. The van der Waals surface area contributed by atoms with Crippen LogP contribution in [0.25, 0.3) is 0 Å². The van der Waals surface area contributed by atoms with E-state index in [1.165, 1.54) is 0 Å². The van der Waals surface area contributed by atoms with Crippen molar-refractivity contribution in [3.63, 3.8) is 0 Å². The maximum Gasteiger partial charge on any atom is 0.266 e. The molecular weight excluding hydrogens is 564 g/mol. The van der Waals surface area contributed by atoms with E-state index in [4.69, 9.17) is 25.8 Å². The Balaban J connectivity index is 1.40. The van der Waals surface area contributed by atoms with E-state index in [0.717, 1.165) is 41.7 Å². The van der Waals surface area contributed by atoms with Gasteiger partial charge in [-0.1, -0.05) is 60.1 Å². The fraction of sp³-hybridized carbons (Fsp3) is 0.429. The third-order valence-electron chi connectivity index (χ3n) is 8.25. The minimum absolute atomic E-state index is 0.113. The predicted octanol–water partition coefficient (Wildman–Crippen LogP) is 6.24. The molecule has 1 unspecified atom stereocenters. The van der Waals surface area contributed by atoms with Gasteiger partial charge in [-0.3, -0.25) is 9.59 Å². The number of carbonyl (C=O) groups excluding carboxylic acids is 2. The zero-order valence-electron chi connectivity index (χ0n) is 25.3. The first-order valence-corrected chi connectivity index (χ1v) is 15.5. The number of ether oxygens (including phenoxy) is 3. The van der Waals surface area contributed by atoms with Gasteiger partial charge < -0.3 is 24.0 Å². The van der Waals surface area contributed by atoms with Crippen LogP contribution in [0.15, 0.2) is 72.8 Å². The van der Waals surface area contributed by atoms with Crippen molar-refractivity contribution in [2.75, 3.05) is 32.8 Å². The van der Waals surface area contributed by atoms with Gasteiger partial charge in [-0.25, -0.2) is 0 Å². The summed E-state index contributed by atoms with van der Waals surface area (Å²) in [6.45, 7) is 7.42. The Morgan fingerprint density at radius 2 is 1.77 bits per heavy atom. The summed E-state index contributed by atoms with van der Waals surface area (Å²) in [5, 5.41) is 0.640. The fourth-order valence-corrected chi connectivity index (χ4v) is 6.05. The molecule has 43 heavy (non-hydrogen) atoms. The summed E-state index contributed by atoms with van der Waals surface area (Å²) < 4.78 is 18.8. The summed E-state index contributed by atoms with van der Waals surface area (Å²) in [6, 6.07) is 23.4. The average Bonchev–Trinajstić information content (AvgIpc) is 3.00. The maximum atomic E-state index is 14.5. The van der Waals surface area contributed by atoms with E-state index in [1.807, 2.05) is 66.4 Å². The van der Waals surface area contributed by atoms with Crippen molar-refractivity contribution in [2.45, 2.75) is 64.2 Å². The van der Waals surface area contributed by atoms with E-state index in [2.05, 4.69) is 6.07 Å². The summed E-state index contributed by atoms with van der Waals surface area (Å²) in [5.41, 5.74) is 0.741. The summed E-state index contributed by atoms with van der Waals surface area (Å²) >= 11 is 6.20. The minimum Gasteiger partial charge on any atom is -0.491 e. The molecule has 7 nitrogen and oxygen atoms in total. The summed E-state index contributed by atoms with van der Waals surface area (Å²) in [6.07, 6.45) is 3.00. The summed E-state index contributed by atoms with van der Waals surface area (Å²) in [5.74, 6) is 1.14. The molecule has 0 radical (unpaired) electrons. The molecule has 0 aliphatic carbocycles. The van der Waals surface area contributed by atoms with Crippen LogP contribution in [0.1, 0.15) is 49.8 Å². The van der Waals surface area contributed by atoms with Crippen LogP contribution in [0.2, 0.25) is 5.02 Å². The van der Waals surface area contributed by atoms with Crippen LogP contribution < -0.4 is 9.47 Å². The molecule has 1 fully saturated rings. The number of hydrogen-bond donors (Lipinski definition) is 0. The molecule has 1 atom stereocenters. The van der Waals surface area contributed by atoms with E-state index >= 15 is 0 Å². The number of amides is 2. The second-order valence-corrected chi connectivity index (χ2v) is 12.4. The molecule has 3 aromatic rings. The molecule has 228 valence electrons. The van der Waals surface area contributed by atoms with Gasteiger partial charge in [0.15, 0.2) is 11.2 Å². The second-order valence-electron chi connectivity index (χ2n) is 12.0. The molecule has 0 saturated carbocycles. The highest BCUT2D eigenvalue weighted by atomic mass is 35.5. The Hall–Kier alpha value is -3.55. The Morgan fingerprint density at radius 1 is 1.00 bits per heavy atom. The lowest BCUT2D eigenvalue weighted by molar-refractivity contribution is -0.181. The smallest absolute Gasteiger partial charge is 0.266 e. The van der Waals surface area contributed by atoms with Crippen molar-refractivity contribution in [3.05, 3.63) is 94.5 Å². The molecule has 0 N–H and O–H groups in total. The number of rotatable bonds is 5.